The molecule has 0 aliphatic carbocycles. The van der Waals surface area contributed by atoms with E-state index in [-0.39, 0.29) is 0 Å². The number of hydrogen-bond acceptors (Lipinski definition) is 3. The first kappa shape index (κ1) is 9.71. The van der Waals surface area contributed by atoms with Crippen molar-refractivity contribution in [1.82, 2.24) is 4.98 Å². The molecule has 0 unspecified atom stereocenters. The van der Waals surface area contributed by atoms with Crippen LogP contribution in [0.3, 0.4) is 0 Å². The molecule has 0 amide bonds. The van der Waals surface area contributed by atoms with E-state index in [1.807, 2.05) is 6.07 Å². The van der Waals surface area contributed by atoms with Gasteiger partial charge in [-0.2, -0.15) is 0 Å². The number of aldehydes is 1. The third kappa shape index (κ3) is 2.28. The van der Waals surface area contributed by atoms with Gasteiger partial charge >= 0.3 is 0 Å². The van der Waals surface area contributed by atoms with Gasteiger partial charge in [-0.25, -0.2) is 4.98 Å². The number of carbonyl (C=O) groups is 1. The molecule has 0 bridgehead atoms. The SMILES string of the molecule is CCCc1ccc(C=O)c(OC)n1. The Morgan fingerprint density at radius 3 is 2.85 bits per heavy atom. The number of carbonyl (C=O) groups excluding carboxylic acids is 1. The van der Waals surface area contributed by atoms with Crippen LogP contribution in [0.4, 0.5) is 0 Å². The summed E-state index contributed by atoms with van der Waals surface area (Å²) in [5, 5.41) is 0. The lowest BCUT2D eigenvalue weighted by Crippen LogP contribution is -1.97. The molecule has 13 heavy (non-hydrogen) atoms. The molecule has 0 N–H and O–H groups in total. The molecule has 3 nitrogen and oxygen atoms in total. The largest absolute Gasteiger partial charge is 0.480 e. The number of hydrogen-bond donors (Lipinski definition) is 0. The first-order valence-corrected chi connectivity index (χ1v) is 4.31. The van der Waals surface area contributed by atoms with Crippen LogP contribution in [0, 0.1) is 0 Å². The molecule has 0 aromatic carbocycles. The third-order valence-corrected chi connectivity index (χ3v) is 1.77. The number of aryl methyl sites for hydroxylation is 1. The molecule has 0 saturated heterocycles. The Morgan fingerprint density at radius 2 is 2.31 bits per heavy atom. The maximum absolute atomic E-state index is 10.5. The van der Waals surface area contributed by atoms with Gasteiger partial charge in [-0.15, -0.1) is 0 Å². The average molecular weight is 179 g/mol. The summed E-state index contributed by atoms with van der Waals surface area (Å²) in [6, 6.07) is 3.60. The highest BCUT2D eigenvalue weighted by molar-refractivity contribution is 5.78. The van der Waals surface area contributed by atoms with E-state index in [9.17, 15) is 4.79 Å². The van der Waals surface area contributed by atoms with Crippen molar-refractivity contribution < 1.29 is 9.53 Å². The summed E-state index contributed by atoms with van der Waals surface area (Å²) in [5.41, 5.74) is 1.47. The molecule has 0 saturated carbocycles. The summed E-state index contributed by atoms with van der Waals surface area (Å²) in [5.74, 6) is 0.418. The molecule has 1 aromatic heterocycles. The predicted molar refractivity (Wildman–Crippen MR) is 50.2 cm³/mol. The minimum atomic E-state index is 0.418. The van der Waals surface area contributed by atoms with Crippen molar-refractivity contribution in [3.8, 4) is 5.88 Å². The number of rotatable bonds is 4. The lowest BCUT2D eigenvalue weighted by molar-refractivity contribution is 0.112. The van der Waals surface area contributed by atoms with Crippen molar-refractivity contribution in [2.75, 3.05) is 7.11 Å². The van der Waals surface area contributed by atoms with Crippen molar-refractivity contribution in [3.05, 3.63) is 23.4 Å². The molecular weight excluding hydrogens is 166 g/mol. The summed E-state index contributed by atoms with van der Waals surface area (Å²) in [4.78, 5) is 14.7. The van der Waals surface area contributed by atoms with Crippen LogP contribution in [0.15, 0.2) is 12.1 Å². The van der Waals surface area contributed by atoms with Gasteiger partial charge in [-0.1, -0.05) is 13.3 Å². The van der Waals surface area contributed by atoms with E-state index < -0.39 is 0 Å². The lowest BCUT2D eigenvalue weighted by Gasteiger charge is -2.04. The highest BCUT2D eigenvalue weighted by Gasteiger charge is 2.03. The summed E-state index contributed by atoms with van der Waals surface area (Å²) in [7, 11) is 1.52. The molecule has 1 aromatic rings. The van der Waals surface area contributed by atoms with Gasteiger partial charge in [0.2, 0.25) is 5.88 Å². The van der Waals surface area contributed by atoms with Crippen molar-refractivity contribution in [1.29, 1.82) is 0 Å². The monoisotopic (exact) mass is 179 g/mol. The molecule has 3 heteroatoms. The Labute approximate surface area is 77.8 Å². The summed E-state index contributed by atoms with van der Waals surface area (Å²) < 4.78 is 4.98. The van der Waals surface area contributed by atoms with Crippen LogP contribution in [0.25, 0.3) is 0 Å². The zero-order valence-corrected chi connectivity index (χ0v) is 7.91. The van der Waals surface area contributed by atoms with Gasteiger partial charge in [-0.3, -0.25) is 4.79 Å². The molecule has 0 spiro atoms. The van der Waals surface area contributed by atoms with Crippen LogP contribution >= 0.6 is 0 Å². The molecule has 1 rings (SSSR count). The Morgan fingerprint density at radius 1 is 1.54 bits per heavy atom. The highest BCUT2D eigenvalue weighted by Crippen LogP contribution is 2.14. The van der Waals surface area contributed by atoms with Gasteiger partial charge in [0.05, 0.1) is 12.7 Å². The zero-order chi connectivity index (χ0) is 9.68. The Bertz CT molecular complexity index is 297. The topological polar surface area (TPSA) is 39.2 Å². The van der Waals surface area contributed by atoms with Crippen LogP contribution < -0.4 is 4.74 Å². The predicted octanol–water partition coefficient (Wildman–Crippen LogP) is 1.86. The summed E-state index contributed by atoms with van der Waals surface area (Å²) in [6.45, 7) is 2.09. The molecule has 0 radical (unpaired) electrons. The number of methoxy groups -OCH3 is 1. The second-order valence-electron chi connectivity index (χ2n) is 2.77. The first-order chi connectivity index (χ1) is 6.31. The summed E-state index contributed by atoms with van der Waals surface area (Å²) in [6.07, 6.45) is 2.70. The molecule has 1 heterocycles. The first-order valence-electron chi connectivity index (χ1n) is 4.31. The highest BCUT2D eigenvalue weighted by atomic mass is 16.5. The molecular formula is C10H13NO2. The maximum atomic E-state index is 10.5. The van der Waals surface area contributed by atoms with E-state index in [1.54, 1.807) is 6.07 Å². The fourth-order valence-electron chi connectivity index (χ4n) is 1.14. The molecule has 0 atom stereocenters. The fraction of sp³-hybridized carbons (Fsp3) is 0.400. The van der Waals surface area contributed by atoms with Crippen molar-refractivity contribution in [2.24, 2.45) is 0 Å². The van der Waals surface area contributed by atoms with E-state index in [0.29, 0.717) is 11.4 Å². The van der Waals surface area contributed by atoms with E-state index >= 15 is 0 Å². The Kier molecular flexibility index (Phi) is 3.43. The van der Waals surface area contributed by atoms with Gasteiger partial charge < -0.3 is 4.74 Å². The van der Waals surface area contributed by atoms with Crippen molar-refractivity contribution in [3.63, 3.8) is 0 Å². The number of aromatic nitrogens is 1. The number of nitrogens with zero attached hydrogens (tertiary/aromatic N) is 1. The normalized spacial score (nSPS) is 9.69. The molecule has 70 valence electrons. The van der Waals surface area contributed by atoms with Crippen molar-refractivity contribution >= 4 is 6.29 Å². The van der Waals surface area contributed by atoms with Gasteiger partial charge in [0.25, 0.3) is 0 Å². The summed E-state index contributed by atoms with van der Waals surface area (Å²) >= 11 is 0. The number of pyridine rings is 1. The molecule has 0 aliphatic heterocycles. The van der Waals surface area contributed by atoms with Gasteiger partial charge in [0.1, 0.15) is 0 Å². The van der Waals surface area contributed by atoms with Crippen LogP contribution in [-0.2, 0) is 6.42 Å². The van der Waals surface area contributed by atoms with E-state index in [1.165, 1.54) is 7.11 Å². The van der Waals surface area contributed by atoms with Gasteiger partial charge in [-0.05, 0) is 18.6 Å². The van der Waals surface area contributed by atoms with Crippen molar-refractivity contribution in [2.45, 2.75) is 19.8 Å². The Hall–Kier alpha value is -1.38. The van der Waals surface area contributed by atoms with Crippen LogP contribution in [-0.4, -0.2) is 18.4 Å². The fourth-order valence-corrected chi connectivity index (χ4v) is 1.14. The molecule has 0 fully saturated rings. The van der Waals surface area contributed by atoms with Gasteiger partial charge in [0, 0.05) is 5.69 Å². The Balaban J connectivity index is 2.98. The molecule has 0 aliphatic rings. The second kappa shape index (κ2) is 4.60. The zero-order valence-electron chi connectivity index (χ0n) is 7.91. The minimum Gasteiger partial charge on any atom is -0.480 e. The standard InChI is InChI=1S/C10H13NO2/c1-3-4-9-6-5-8(7-12)10(11-9)13-2/h5-7H,3-4H2,1-2H3. The third-order valence-electron chi connectivity index (χ3n) is 1.77. The van der Waals surface area contributed by atoms with E-state index in [4.69, 9.17) is 4.74 Å². The average Bonchev–Trinajstić information content (AvgIpc) is 2.18. The lowest BCUT2D eigenvalue weighted by atomic mass is 10.2. The second-order valence-corrected chi connectivity index (χ2v) is 2.77. The van der Waals surface area contributed by atoms with Crippen LogP contribution in [0.5, 0.6) is 5.88 Å². The van der Waals surface area contributed by atoms with Crippen LogP contribution in [0.1, 0.15) is 29.4 Å². The van der Waals surface area contributed by atoms with E-state index in [2.05, 4.69) is 11.9 Å². The van der Waals surface area contributed by atoms with E-state index in [0.717, 1.165) is 24.8 Å². The smallest absolute Gasteiger partial charge is 0.224 e. The quantitative estimate of drug-likeness (QED) is 0.662. The number of ether oxygens (including phenoxy) is 1. The van der Waals surface area contributed by atoms with Crippen LogP contribution in [0.2, 0.25) is 0 Å². The van der Waals surface area contributed by atoms with Gasteiger partial charge in [0.15, 0.2) is 6.29 Å². The maximum Gasteiger partial charge on any atom is 0.224 e. The minimum absolute atomic E-state index is 0.418.